The van der Waals surface area contributed by atoms with E-state index in [9.17, 15) is 13.2 Å². The molecule has 2 heterocycles. The lowest BCUT2D eigenvalue weighted by molar-refractivity contribution is -0.120. The monoisotopic (exact) mass is 502 g/mol. The van der Waals surface area contributed by atoms with Crippen molar-refractivity contribution in [3.63, 3.8) is 0 Å². The number of sulfonamides is 1. The van der Waals surface area contributed by atoms with E-state index in [1.165, 1.54) is 22.0 Å². The van der Waals surface area contributed by atoms with Gasteiger partial charge >= 0.3 is 0 Å². The van der Waals surface area contributed by atoms with Crippen molar-refractivity contribution in [2.75, 3.05) is 18.4 Å². The van der Waals surface area contributed by atoms with Crippen molar-refractivity contribution in [2.45, 2.75) is 44.4 Å². The molecule has 0 aliphatic carbocycles. The van der Waals surface area contributed by atoms with Crippen LogP contribution in [0.4, 0.5) is 5.69 Å². The van der Waals surface area contributed by atoms with Gasteiger partial charge in [0.05, 0.1) is 10.9 Å². The van der Waals surface area contributed by atoms with Crippen LogP contribution in [-0.4, -0.2) is 41.9 Å². The number of amides is 1. The van der Waals surface area contributed by atoms with Gasteiger partial charge < -0.3 is 9.84 Å². The SMILES string of the molecule is Cc1nc(-c2ccc(Cl)c(S(=O)(=O)N3CCC[C@@H](C(=O)Nc4ccc(C(C)C)cc4)C3)c2)no1. The van der Waals surface area contributed by atoms with Gasteiger partial charge in [0.15, 0.2) is 0 Å². The zero-order chi connectivity index (χ0) is 24.5. The Bertz CT molecular complexity index is 1290. The summed E-state index contributed by atoms with van der Waals surface area (Å²) in [5, 5.41) is 6.87. The highest BCUT2D eigenvalue weighted by Crippen LogP contribution is 2.32. The Morgan fingerprint density at radius 3 is 2.59 bits per heavy atom. The molecule has 4 rings (SSSR count). The van der Waals surface area contributed by atoms with Crippen molar-refractivity contribution in [1.82, 2.24) is 14.4 Å². The predicted molar refractivity (Wildman–Crippen MR) is 130 cm³/mol. The quantitative estimate of drug-likeness (QED) is 0.516. The smallest absolute Gasteiger partial charge is 0.244 e. The van der Waals surface area contributed by atoms with Crippen LogP contribution in [0.1, 0.15) is 44.1 Å². The summed E-state index contributed by atoms with van der Waals surface area (Å²) in [6, 6.07) is 12.3. The number of nitrogens with zero attached hydrogens (tertiary/aromatic N) is 3. The highest BCUT2D eigenvalue weighted by molar-refractivity contribution is 7.89. The Labute approximate surface area is 204 Å². The highest BCUT2D eigenvalue weighted by atomic mass is 35.5. The normalized spacial score (nSPS) is 17.1. The summed E-state index contributed by atoms with van der Waals surface area (Å²) >= 11 is 6.28. The van der Waals surface area contributed by atoms with Crippen LogP contribution in [0.2, 0.25) is 5.02 Å². The third-order valence-electron chi connectivity index (χ3n) is 5.93. The molecule has 1 aliphatic heterocycles. The van der Waals surface area contributed by atoms with Gasteiger partial charge in [0.1, 0.15) is 4.90 Å². The molecule has 0 unspecified atom stereocenters. The second-order valence-corrected chi connectivity index (χ2v) is 11.1. The molecule has 34 heavy (non-hydrogen) atoms. The molecule has 1 saturated heterocycles. The van der Waals surface area contributed by atoms with Crippen LogP contribution in [0.25, 0.3) is 11.4 Å². The lowest BCUT2D eigenvalue weighted by Gasteiger charge is -2.31. The first kappa shape index (κ1) is 24.4. The van der Waals surface area contributed by atoms with Gasteiger partial charge in [-0.05, 0) is 54.7 Å². The van der Waals surface area contributed by atoms with Gasteiger partial charge in [-0.2, -0.15) is 9.29 Å². The fourth-order valence-electron chi connectivity index (χ4n) is 3.97. The van der Waals surface area contributed by atoms with Crippen LogP contribution in [0, 0.1) is 12.8 Å². The molecule has 0 saturated carbocycles. The average Bonchev–Trinajstić information content (AvgIpc) is 3.26. The number of nitrogens with one attached hydrogen (secondary N) is 1. The topological polar surface area (TPSA) is 105 Å². The zero-order valence-corrected chi connectivity index (χ0v) is 20.9. The minimum absolute atomic E-state index is 0.0422. The van der Waals surface area contributed by atoms with E-state index in [1.807, 2.05) is 24.3 Å². The molecule has 1 aromatic heterocycles. The third kappa shape index (κ3) is 5.16. The molecule has 1 atom stereocenters. The van der Waals surface area contributed by atoms with Crippen molar-refractivity contribution in [3.05, 3.63) is 58.9 Å². The fourth-order valence-corrected chi connectivity index (χ4v) is 5.99. The van der Waals surface area contributed by atoms with Crippen LogP contribution in [-0.2, 0) is 14.8 Å². The molecule has 3 aromatic rings. The number of benzene rings is 2. The summed E-state index contributed by atoms with van der Waals surface area (Å²) < 4.78 is 33.3. The molecular formula is C24H27ClN4O4S. The number of carbonyl (C=O) groups excluding carboxylic acids is 1. The predicted octanol–water partition coefficient (Wildman–Crippen LogP) is 4.86. The van der Waals surface area contributed by atoms with Gasteiger partial charge in [-0.1, -0.05) is 42.7 Å². The Hall–Kier alpha value is -2.75. The van der Waals surface area contributed by atoms with E-state index < -0.39 is 15.9 Å². The Kier molecular flexibility index (Phi) is 7.06. The number of rotatable bonds is 6. The lowest BCUT2D eigenvalue weighted by atomic mass is 9.98. The van der Waals surface area contributed by atoms with Crippen LogP contribution in [0.15, 0.2) is 51.9 Å². The molecule has 180 valence electrons. The molecular weight excluding hydrogens is 476 g/mol. The molecule has 1 fully saturated rings. The Morgan fingerprint density at radius 2 is 1.94 bits per heavy atom. The van der Waals surface area contributed by atoms with Crippen LogP contribution in [0.3, 0.4) is 0 Å². The van der Waals surface area contributed by atoms with E-state index in [0.29, 0.717) is 42.4 Å². The minimum atomic E-state index is -3.94. The molecule has 1 N–H and O–H groups in total. The summed E-state index contributed by atoms with van der Waals surface area (Å²) in [6.45, 7) is 6.27. The molecule has 8 nitrogen and oxygen atoms in total. The van der Waals surface area contributed by atoms with Gasteiger partial charge in [-0.3, -0.25) is 4.79 Å². The molecule has 1 aliphatic rings. The van der Waals surface area contributed by atoms with Gasteiger partial charge in [-0.15, -0.1) is 0 Å². The maximum absolute atomic E-state index is 13.5. The molecule has 10 heteroatoms. The van der Waals surface area contributed by atoms with E-state index in [0.717, 1.165) is 0 Å². The largest absolute Gasteiger partial charge is 0.339 e. The number of carbonyl (C=O) groups is 1. The molecule has 2 aromatic carbocycles. The van der Waals surface area contributed by atoms with Gasteiger partial charge in [0.25, 0.3) is 0 Å². The van der Waals surface area contributed by atoms with Crippen LogP contribution >= 0.6 is 11.6 Å². The number of anilines is 1. The number of aryl methyl sites for hydroxylation is 1. The van der Waals surface area contributed by atoms with Crippen molar-refractivity contribution < 1.29 is 17.7 Å². The summed E-state index contributed by atoms with van der Waals surface area (Å²) in [5.41, 5.74) is 2.36. The number of hydrogen-bond acceptors (Lipinski definition) is 6. The highest BCUT2D eigenvalue weighted by Gasteiger charge is 2.34. The minimum Gasteiger partial charge on any atom is -0.339 e. The van der Waals surface area contributed by atoms with Crippen molar-refractivity contribution in [3.8, 4) is 11.4 Å². The summed E-state index contributed by atoms with van der Waals surface area (Å²) in [4.78, 5) is 17.0. The first-order valence-electron chi connectivity index (χ1n) is 11.2. The number of aromatic nitrogens is 2. The summed E-state index contributed by atoms with van der Waals surface area (Å²) in [7, 11) is -3.94. The Balaban J connectivity index is 1.51. The van der Waals surface area contributed by atoms with Crippen LogP contribution in [0.5, 0.6) is 0 Å². The van der Waals surface area contributed by atoms with Crippen molar-refractivity contribution in [2.24, 2.45) is 5.92 Å². The van der Waals surface area contributed by atoms with Gasteiger partial charge in [0.2, 0.25) is 27.6 Å². The van der Waals surface area contributed by atoms with Crippen molar-refractivity contribution >= 4 is 33.2 Å². The fraction of sp³-hybridized carbons (Fsp3) is 0.375. The van der Waals surface area contributed by atoms with E-state index >= 15 is 0 Å². The number of hydrogen-bond donors (Lipinski definition) is 1. The van der Waals surface area contributed by atoms with E-state index in [2.05, 4.69) is 29.3 Å². The first-order chi connectivity index (χ1) is 16.1. The zero-order valence-electron chi connectivity index (χ0n) is 19.3. The lowest BCUT2D eigenvalue weighted by Crippen LogP contribution is -2.43. The first-order valence-corrected chi connectivity index (χ1v) is 13.0. The number of halogens is 1. The molecule has 0 bridgehead atoms. The second-order valence-electron chi connectivity index (χ2n) is 8.75. The summed E-state index contributed by atoms with van der Waals surface area (Å²) in [6.07, 6.45) is 1.18. The molecule has 0 radical (unpaired) electrons. The maximum Gasteiger partial charge on any atom is 0.244 e. The second kappa shape index (κ2) is 9.85. The van der Waals surface area contributed by atoms with Crippen molar-refractivity contribution in [1.29, 1.82) is 0 Å². The van der Waals surface area contributed by atoms with Crippen LogP contribution < -0.4 is 5.32 Å². The third-order valence-corrected chi connectivity index (χ3v) is 8.28. The van der Waals surface area contributed by atoms with Gasteiger partial charge in [-0.25, -0.2) is 8.42 Å². The molecule has 0 spiro atoms. The maximum atomic E-state index is 13.5. The molecule has 1 amide bonds. The Morgan fingerprint density at radius 1 is 1.21 bits per heavy atom. The van der Waals surface area contributed by atoms with E-state index in [1.54, 1.807) is 13.0 Å². The van der Waals surface area contributed by atoms with E-state index in [4.69, 9.17) is 16.1 Å². The number of piperidine rings is 1. The average molecular weight is 503 g/mol. The summed E-state index contributed by atoms with van der Waals surface area (Å²) in [5.74, 6) is 0.397. The van der Waals surface area contributed by atoms with E-state index in [-0.39, 0.29) is 28.2 Å². The standard InChI is InChI=1S/C24H27ClN4O4S/c1-15(2)17-6-9-20(10-7-17)27-24(30)19-5-4-12-29(14-19)34(31,32)22-13-18(8-11-21(22)25)23-26-16(3)33-28-23/h6-11,13,15,19H,4-5,12,14H2,1-3H3,(H,27,30)/t19-/m1/s1. The van der Waals surface area contributed by atoms with Gasteiger partial charge in [0, 0.05) is 31.3 Å².